The van der Waals surface area contributed by atoms with Crippen LogP contribution in [0.3, 0.4) is 0 Å². The zero-order chi connectivity index (χ0) is 11.1. The van der Waals surface area contributed by atoms with Gasteiger partial charge in [0.15, 0.2) is 5.82 Å². The Morgan fingerprint density at radius 1 is 1.47 bits per heavy atom. The third-order valence-electron chi connectivity index (χ3n) is 2.12. The van der Waals surface area contributed by atoms with Crippen LogP contribution >= 0.6 is 0 Å². The molecule has 0 fully saturated rings. The molecule has 0 radical (unpaired) electrons. The number of likely N-dealkylation sites (N-methyl/N-ethyl adjacent to an activating group) is 1. The predicted molar refractivity (Wildman–Crippen MR) is 62.9 cm³/mol. The molecule has 1 aromatic heterocycles. The minimum Gasteiger partial charge on any atom is -0.352 e. The van der Waals surface area contributed by atoms with E-state index >= 15 is 0 Å². The van der Waals surface area contributed by atoms with E-state index in [-0.39, 0.29) is 0 Å². The molecule has 0 bridgehead atoms. The Morgan fingerprint density at radius 2 is 2.27 bits per heavy atom. The molecule has 4 heteroatoms. The van der Waals surface area contributed by atoms with Gasteiger partial charge in [-0.25, -0.2) is 0 Å². The molecule has 0 amide bonds. The quantitative estimate of drug-likeness (QED) is 0.710. The molecule has 0 aliphatic rings. The molecule has 1 rings (SSSR count). The number of aromatic nitrogens is 2. The first kappa shape index (κ1) is 11.7. The Bertz CT molecular complexity index is 294. The summed E-state index contributed by atoms with van der Waals surface area (Å²) >= 11 is 0. The van der Waals surface area contributed by atoms with Crippen molar-refractivity contribution in [2.45, 2.75) is 13.5 Å². The van der Waals surface area contributed by atoms with Crippen molar-refractivity contribution in [2.75, 3.05) is 25.0 Å². The molecule has 0 unspecified atom stereocenters. The van der Waals surface area contributed by atoms with Crippen molar-refractivity contribution in [3.8, 4) is 0 Å². The van der Waals surface area contributed by atoms with Gasteiger partial charge in [0.25, 0.3) is 0 Å². The summed E-state index contributed by atoms with van der Waals surface area (Å²) in [6.07, 6.45) is 1.87. The highest BCUT2D eigenvalue weighted by Crippen LogP contribution is 2.08. The van der Waals surface area contributed by atoms with Crippen molar-refractivity contribution in [3.05, 3.63) is 30.5 Å². The minimum absolute atomic E-state index is 0.751. The highest BCUT2D eigenvalue weighted by Gasteiger charge is 2.03. The average Bonchev–Trinajstić information content (AvgIpc) is 2.28. The van der Waals surface area contributed by atoms with E-state index in [1.165, 1.54) is 0 Å². The maximum atomic E-state index is 4.18. The molecule has 0 spiro atoms. The Morgan fingerprint density at radius 3 is 2.73 bits per heavy atom. The molecule has 1 N–H and O–H groups in total. The summed E-state index contributed by atoms with van der Waals surface area (Å²) in [5.74, 6) is 0.900. The van der Waals surface area contributed by atoms with E-state index < -0.39 is 0 Å². The van der Waals surface area contributed by atoms with Crippen molar-refractivity contribution in [2.24, 2.45) is 0 Å². The highest BCUT2D eigenvalue weighted by molar-refractivity contribution is 5.37. The fourth-order valence-electron chi connectivity index (χ4n) is 1.34. The molecule has 0 aromatic carbocycles. The molecular weight excluding hydrogens is 188 g/mol. The van der Waals surface area contributed by atoms with Crippen molar-refractivity contribution < 1.29 is 0 Å². The second kappa shape index (κ2) is 6.14. The summed E-state index contributed by atoms with van der Waals surface area (Å²) in [4.78, 5) is 2.11. The number of anilines is 1. The van der Waals surface area contributed by atoms with E-state index in [1.807, 2.05) is 25.3 Å². The van der Waals surface area contributed by atoms with Crippen molar-refractivity contribution in [3.63, 3.8) is 0 Å². The van der Waals surface area contributed by atoms with Gasteiger partial charge < -0.3 is 10.2 Å². The fourth-order valence-corrected chi connectivity index (χ4v) is 1.34. The maximum absolute atomic E-state index is 4.18. The van der Waals surface area contributed by atoms with Gasteiger partial charge in [-0.1, -0.05) is 6.08 Å². The first-order chi connectivity index (χ1) is 7.31. The third-order valence-corrected chi connectivity index (χ3v) is 2.12. The van der Waals surface area contributed by atoms with Crippen LogP contribution in [0.15, 0.2) is 24.8 Å². The van der Waals surface area contributed by atoms with E-state index in [0.29, 0.717) is 0 Å². The Balaban J connectivity index is 2.72. The van der Waals surface area contributed by atoms with Gasteiger partial charge in [-0.3, -0.25) is 0 Å². The van der Waals surface area contributed by atoms with Crippen LogP contribution in [0.4, 0.5) is 5.82 Å². The summed E-state index contributed by atoms with van der Waals surface area (Å²) < 4.78 is 0. The van der Waals surface area contributed by atoms with Crippen molar-refractivity contribution >= 4 is 5.82 Å². The molecule has 0 aliphatic heterocycles. The molecule has 82 valence electrons. The molecule has 4 nitrogen and oxygen atoms in total. The summed E-state index contributed by atoms with van der Waals surface area (Å²) in [6.45, 7) is 8.27. The fraction of sp³-hybridized carbons (Fsp3) is 0.455. The van der Waals surface area contributed by atoms with Crippen LogP contribution < -0.4 is 10.2 Å². The average molecular weight is 206 g/mol. The first-order valence-electron chi connectivity index (χ1n) is 5.14. The van der Waals surface area contributed by atoms with Crippen LogP contribution in [0.1, 0.15) is 12.6 Å². The van der Waals surface area contributed by atoms with E-state index in [2.05, 4.69) is 33.9 Å². The van der Waals surface area contributed by atoms with E-state index in [4.69, 9.17) is 0 Å². The van der Waals surface area contributed by atoms with Crippen LogP contribution in [-0.4, -0.2) is 30.3 Å². The van der Waals surface area contributed by atoms with Gasteiger partial charge in [0, 0.05) is 19.6 Å². The summed E-state index contributed by atoms with van der Waals surface area (Å²) in [5, 5.41) is 11.3. The standard InChI is InChI=1S/C11H18N4/c1-4-8-15(5-2)11-7-6-10(9-12-3)13-14-11/h4,6-7,12H,1,5,8-9H2,2-3H3. The number of hydrogen-bond donors (Lipinski definition) is 1. The number of nitrogens with one attached hydrogen (secondary N) is 1. The van der Waals surface area contributed by atoms with Crippen LogP contribution in [0.5, 0.6) is 0 Å². The molecule has 0 saturated carbocycles. The lowest BCUT2D eigenvalue weighted by atomic mass is 10.3. The lowest BCUT2D eigenvalue weighted by Crippen LogP contribution is -2.24. The maximum Gasteiger partial charge on any atom is 0.151 e. The summed E-state index contributed by atoms with van der Waals surface area (Å²) in [7, 11) is 1.89. The number of rotatable bonds is 6. The molecule has 0 atom stereocenters. The molecule has 15 heavy (non-hydrogen) atoms. The third kappa shape index (κ3) is 3.32. The Labute approximate surface area is 91.0 Å². The predicted octanol–water partition coefficient (Wildman–Crippen LogP) is 1.21. The highest BCUT2D eigenvalue weighted by atomic mass is 15.3. The van der Waals surface area contributed by atoms with Crippen LogP contribution in [0.2, 0.25) is 0 Å². The number of nitrogens with zero attached hydrogens (tertiary/aromatic N) is 3. The second-order valence-electron chi connectivity index (χ2n) is 3.24. The lowest BCUT2D eigenvalue weighted by molar-refractivity contribution is 0.758. The molecule has 0 aliphatic carbocycles. The van der Waals surface area contributed by atoms with Gasteiger partial charge in [-0.15, -0.1) is 11.7 Å². The molecule has 1 heterocycles. The Hall–Kier alpha value is -1.42. The molecule has 0 saturated heterocycles. The van der Waals surface area contributed by atoms with Gasteiger partial charge in [-0.05, 0) is 26.1 Å². The van der Waals surface area contributed by atoms with E-state index in [0.717, 1.165) is 31.1 Å². The van der Waals surface area contributed by atoms with Gasteiger partial charge >= 0.3 is 0 Å². The topological polar surface area (TPSA) is 41.0 Å². The summed E-state index contributed by atoms with van der Waals surface area (Å²) in [6, 6.07) is 3.98. The molecular formula is C11H18N4. The van der Waals surface area contributed by atoms with Crippen molar-refractivity contribution in [1.29, 1.82) is 0 Å². The zero-order valence-corrected chi connectivity index (χ0v) is 9.40. The molecule has 1 aromatic rings. The van der Waals surface area contributed by atoms with Gasteiger partial charge in [0.2, 0.25) is 0 Å². The van der Waals surface area contributed by atoms with E-state index in [9.17, 15) is 0 Å². The monoisotopic (exact) mass is 206 g/mol. The van der Waals surface area contributed by atoms with Crippen LogP contribution in [-0.2, 0) is 6.54 Å². The summed E-state index contributed by atoms with van der Waals surface area (Å²) in [5.41, 5.74) is 0.955. The van der Waals surface area contributed by atoms with Crippen LogP contribution in [0.25, 0.3) is 0 Å². The number of hydrogen-bond acceptors (Lipinski definition) is 4. The van der Waals surface area contributed by atoms with Gasteiger partial charge in [0.1, 0.15) is 0 Å². The largest absolute Gasteiger partial charge is 0.352 e. The Kier molecular flexibility index (Phi) is 4.77. The normalized spacial score (nSPS) is 10.0. The van der Waals surface area contributed by atoms with Gasteiger partial charge in [0.05, 0.1) is 5.69 Å². The van der Waals surface area contributed by atoms with Gasteiger partial charge in [-0.2, -0.15) is 5.10 Å². The SMILES string of the molecule is C=CCN(CC)c1ccc(CNC)nn1. The van der Waals surface area contributed by atoms with Crippen molar-refractivity contribution in [1.82, 2.24) is 15.5 Å². The lowest BCUT2D eigenvalue weighted by Gasteiger charge is -2.19. The minimum atomic E-state index is 0.751. The first-order valence-corrected chi connectivity index (χ1v) is 5.14. The van der Waals surface area contributed by atoms with E-state index in [1.54, 1.807) is 0 Å². The zero-order valence-electron chi connectivity index (χ0n) is 9.40. The second-order valence-corrected chi connectivity index (χ2v) is 3.24. The van der Waals surface area contributed by atoms with Crippen LogP contribution in [0, 0.1) is 0 Å². The smallest absolute Gasteiger partial charge is 0.151 e.